The monoisotopic (exact) mass is 491 g/mol. The fraction of sp³-hybridized carbons (Fsp3) is 0.440. The van der Waals surface area contributed by atoms with Crippen LogP contribution in [-0.2, 0) is 26.2 Å². The third kappa shape index (κ3) is 7.28. The van der Waals surface area contributed by atoms with Gasteiger partial charge in [0.1, 0.15) is 18.4 Å². The molecule has 186 valence electrons. The molecule has 0 heterocycles. The van der Waals surface area contributed by atoms with E-state index in [2.05, 4.69) is 5.32 Å². The maximum atomic E-state index is 13.8. The number of rotatable bonds is 11. The van der Waals surface area contributed by atoms with Crippen LogP contribution in [0.3, 0.4) is 0 Å². The van der Waals surface area contributed by atoms with Crippen molar-refractivity contribution in [3.63, 3.8) is 0 Å². The minimum absolute atomic E-state index is 0.0452. The van der Waals surface area contributed by atoms with Crippen molar-refractivity contribution in [3.8, 4) is 0 Å². The standard InChI is InChI=1S/C25H34FN3O4S/c1-6-19(4)27-25(31)23(7-2)28(16-20-12-9-8-11-18(20)3)24(30)17-29(34(5,32)33)22-14-10-13-21(26)15-22/h8-15,19,23H,6-7,16-17H2,1-5H3,(H,27,31)/t19-,23-/m1/s1. The van der Waals surface area contributed by atoms with Crippen molar-refractivity contribution in [2.45, 2.75) is 59.2 Å². The quantitative estimate of drug-likeness (QED) is 0.520. The predicted molar refractivity (Wildman–Crippen MR) is 132 cm³/mol. The second-order valence-electron chi connectivity index (χ2n) is 8.44. The summed E-state index contributed by atoms with van der Waals surface area (Å²) in [5.74, 6) is -1.46. The maximum Gasteiger partial charge on any atom is 0.244 e. The van der Waals surface area contributed by atoms with E-state index < -0.39 is 34.3 Å². The van der Waals surface area contributed by atoms with E-state index in [4.69, 9.17) is 0 Å². The van der Waals surface area contributed by atoms with Crippen LogP contribution in [0, 0.1) is 12.7 Å². The van der Waals surface area contributed by atoms with Gasteiger partial charge >= 0.3 is 0 Å². The molecule has 0 radical (unpaired) electrons. The van der Waals surface area contributed by atoms with Crippen LogP contribution in [-0.4, -0.2) is 50.0 Å². The van der Waals surface area contributed by atoms with Crippen molar-refractivity contribution in [2.75, 3.05) is 17.1 Å². The maximum absolute atomic E-state index is 13.8. The highest BCUT2D eigenvalue weighted by Crippen LogP contribution is 2.21. The average molecular weight is 492 g/mol. The van der Waals surface area contributed by atoms with E-state index in [9.17, 15) is 22.4 Å². The lowest BCUT2D eigenvalue weighted by molar-refractivity contribution is -0.140. The Morgan fingerprint density at radius 3 is 2.29 bits per heavy atom. The molecule has 2 aromatic carbocycles. The summed E-state index contributed by atoms with van der Waals surface area (Å²) in [6, 6.07) is 11.7. The number of sulfonamides is 1. The molecule has 2 atom stereocenters. The Hall–Kier alpha value is -2.94. The van der Waals surface area contributed by atoms with Crippen molar-refractivity contribution in [3.05, 3.63) is 65.5 Å². The summed E-state index contributed by atoms with van der Waals surface area (Å²) in [6.45, 7) is 7.13. The van der Waals surface area contributed by atoms with E-state index in [1.165, 1.54) is 23.1 Å². The minimum Gasteiger partial charge on any atom is -0.352 e. The first-order valence-electron chi connectivity index (χ1n) is 11.4. The lowest BCUT2D eigenvalue weighted by Gasteiger charge is -2.33. The molecule has 0 spiro atoms. The number of amides is 2. The van der Waals surface area contributed by atoms with Crippen LogP contribution in [0.2, 0.25) is 0 Å². The van der Waals surface area contributed by atoms with Gasteiger partial charge in [-0.25, -0.2) is 12.8 Å². The van der Waals surface area contributed by atoms with Gasteiger partial charge in [-0.05, 0) is 56.0 Å². The summed E-state index contributed by atoms with van der Waals surface area (Å²) in [5, 5.41) is 2.92. The van der Waals surface area contributed by atoms with Crippen molar-refractivity contribution in [1.29, 1.82) is 0 Å². The van der Waals surface area contributed by atoms with Crippen LogP contribution in [0.25, 0.3) is 0 Å². The fourth-order valence-corrected chi connectivity index (χ4v) is 4.42. The SMILES string of the molecule is CC[C@@H](C)NC(=O)[C@@H](CC)N(Cc1ccccc1C)C(=O)CN(c1cccc(F)c1)S(C)(=O)=O. The summed E-state index contributed by atoms with van der Waals surface area (Å²) >= 11 is 0. The number of nitrogens with one attached hydrogen (secondary N) is 1. The van der Waals surface area contributed by atoms with Gasteiger partial charge in [0, 0.05) is 12.6 Å². The number of hydrogen-bond acceptors (Lipinski definition) is 4. The summed E-state index contributed by atoms with van der Waals surface area (Å²) in [5.41, 5.74) is 1.84. The molecule has 0 aliphatic carbocycles. The number of halogens is 1. The van der Waals surface area contributed by atoms with Gasteiger partial charge < -0.3 is 10.2 Å². The zero-order valence-corrected chi connectivity index (χ0v) is 21.2. The Kier molecular flexibility index (Phi) is 9.61. The van der Waals surface area contributed by atoms with Gasteiger partial charge in [0.2, 0.25) is 21.8 Å². The Balaban J connectivity index is 2.45. The lowest BCUT2D eigenvalue weighted by atomic mass is 10.1. The predicted octanol–water partition coefficient (Wildman–Crippen LogP) is 3.62. The Labute approximate surface area is 202 Å². The lowest BCUT2D eigenvalue weighted by Crippen LogP contribution is -2.53. The molecule has 0 aromatic heterocycles. The highest BCUT2D eigenvalue weighted by Gasteiger charge is 2.32. The molecule has 2 aromatic rings. The molecule has 9 heteroatoms. The van der Waals surface area contributed by atoms with E-state index in [1.807, 2.05) is 45.0 Å². The molecule has 0 aliphatic heterocycles. The fourth-order valence-electron chi connectivity index (χ4n) is 3.58. The molecule has 2 rings (SSSR count). The third-order valence-corrected chi connectivity index (χ3v) is 6.90. The van der Waals surface area contributed by atoms with Crippen LogP contribution in [0.4, 0.5) is 10.1 Å². The second-order valence-corrected chi connectivity index (χ2v) is 10.3. The summed E-state index contributed by atoms with van der Waals surface area (Å²) in [4.78, 5) is 28.1. The number of benzene rings is 2. The van der Waals surface area contributed by atoms with Gasteiger partial charge in [0.15, 0.2) is 0 Å². The molecule has 0 saturated carbocycles. The average Bonchev–Trinajstić information content (AvgIpc) is 2.77. The number of carbonyl (C=O) groups excluding carboxylic acids is 2. The van der Waals surface area contributed by atoms with Gasteiger partial charge in [-0.2, -0.15) is 0 Å². The molecule has 0 bridgehead atoms. The van der Waals surface area contributed by atoms with Gasteiger partial charge in [-0.15, -0.1) is 0 Å². The van der Waals surface area contributed by atoms with Crippen LogP contribution in [0.15, 0.2) is 48.5 Å². The van der Waals surface area contributed by atoms with Gasteiger partial charge in [-0.3, -0.25) is 13.9 Å². The van der Waals surface area contributed by atoms with Crippen molar-refractivity contribution < 1.29 is 22.4 Å². The van der Waals surface area contributed by atoms with Crippen LogP contribution < -0.4 is 9.62 Å². The molecular formula is C25H34FN3O4S. The highest BCUT2D eigenvalue weighted by molar-refractivity contribution is 7.92. The second kappa shape index (κ2) is 12.0. The smallest absolute Gasteiger partial charge is 0.244 e. The van der Waals surface area contributed by atoms with Gasteiger partial charge in [0.25, 0.3) is 0 Å². The first kappa shape index (κ1) is 27.3. The molecule has 0 unspecified atom stereocenters. The molecule has 0 aliphatic rings. The number of hydrogen-bond donors (Lipinski definition) is 1. The number of anilines is 1. The van der Waals surface area contributed by atoms with E-state index in [0.29, 0.717) is 6.42 Å². The van der Waals surface area contributed by atoms with Crippen molar-refractivity contribution in [2.24, 2.45) is 0 Å². The van der Waals surface area contributed by atoms with Crippen LogP contribution >= 0.6 is 0 Å². The first-order valence-corrected chi connectivity index (χ1v) is 13.2. The van der Waals surface area contributed by atoms with Gasteiger partial charge in [-0.1, -0.05) is 44.2 Å². The number of nitrogens with zero attached hydrogens (tertiary/aromatic N) is 2. The summed E-state index contributed by atoms with van der Waals surface area (Å²) in [6.07, 6.45) is 2.04. The van der Waals surface area contributed by atoms with E-state index in [1.54, 1.807) is 6.92 Å². The highest BCUT2D eigenvalue weighted by atomic mass is 32.2. The summed E-state index contributed by atoms with van der Waals surface area (Å²) < 4.78 is 39.7. The van der Waals surface area contributed by atoms with E-state index >= 15 is 0 Å². The Morgan fingerprint density at radius 1 is 1.06 bits per heavy atom. The van der Waals surface area contributed by atoms with Crippen molar-refractivity contribution in [1.82, 2.24) is 10.2 Å². The minimum atomic E-state index is -3.90. The largest absolute Gasteiger partial charge is 0.352 e. The molecule has 0 fully saturated rings. The number of aryl methyl sites for hydroxylation is 1. The van der Waals surface area contributed by atoms with Crippen LogP contribution in [0.1, 0.15) is 44.7 Å². The van der Waals surface area contributed by atoms with E-state index in [0.717, 1.165) is 34.2 Å². The number of carbonyl (C=O) groups is 2. The molecule has 7 nitrogen and oxygen atoms in total. The Morgan fingerprint density at radius 2 is 1.74 bits per heavy atom. The zero-order chi connectivity index (χ0) is 25.5. The summed E-state index contributed by atoms with van der Waals surface area (Å²) in [7, 11) is -3.90. The molecule has 34 heavy (non-hydrogen) atoms. The van der Waals surface area contributed by atoms with Crippen LogP contribution in [0.5, 0.6) is 0 Å². The molecule has 1 N–H and O–H groups in total. The Bertz CT molecular complexity index is 1110. The van der Waals surface area contributed by atoms with Gasteiger partial charge in [0.05, 0.1) is 11.9 Å². The molecule has 0 saturated heterocycles. The third-order valence-electron chi connectivity index (χ3n) is 5.76. The molecule has 2 amide bonds. The topological polar surface area (TPSA) is 86.8 Å². The normalized spacial score (nSPS) is 13.1. The first-order chi connectivity index (χ1) is 16.0. The van der Waals surface area contributed by atoms with Crippen molar-refractivity contribution >= 4 is 27.5 Å². The zero-order valence-electron chi connectivity index (χ0n) is 20.4. The van der Waals surface area contributed by atoms with E-state index in [-0.39, 0.29) is 24.2 Å². The molecular weight excluding hydrogens is 457 g/mol.